The Labute approximate surface area is 87.7 Å². The quantitative estimate of drug-likeness (QED) is 0.672. The lowest BCUT2D eigenvalue weighted by Gasteiger charge is -2.26. The smallest absolute Gasteiger partial charge is 0.0770 e. The Kier molecular flexibility index (Phi) is 4.34. The first kappa shape index (κ1) is 13.7. The average Bonchev–Trinajstić information content (AvgIpc) is 1.95. The molecular formula is C12H24O2. The van der Waals surface area contributed by atoms with Crippen molar-refractivity contribution in [2.24, 2.45) is 10.8 Å². The molecule has 14 heavy (non-hydrogen) atoms. The maximum Gasteiger partial charge on any atom is 0.0770 e. The Balaban J connectivity index is 4.32. The average molecular weight is 200 g/mol. The first-order chi connectivity index (χ1) is 6.05. The molecule has 0 aliphatic carbocycles. The molecule has 2 atom stereocenters. The lowest BCUT2D eigenvalue weighted by Crippen LogP contribution is -2.27. The van der Waals surface area contributed by atoms with Crippen LogP contribution < -0.4 is 0 Å². The highest BCUT2D eigenvalue weighted by Gasteiger charge is 2.22. The molecule has 2 nitrogen and oxygen atoms in total. The number of hydrogen-bond donors (Lipinski definition) is 2. The highest BCUT2D eigenvalue weighted by molar-refractivity contribution is 5.00. The summed E-state index contributed by atoms with van der Waals surface area (Å²) >= 11 is 0. The van der Waals surface area contributed by atoms with Gasteiger partial charge in [0.25, 0.3) is 0 Å². The SMILES string of the molecule is CC(C)(C)[C@H](O)/C=C/[C@@H](O)C(C)(C)C. The third-order valence-corrected chi connectivity index (χ3v) is 2.25. The molecule has 0 heterocycles. The molecule has 84 valence electrons. The van der Waals surface area contributed by atoms with Crippen LogP contribution in [0.5, 0.6) is 0 Å². The van der Waals surface area contributed by atoms with Crippen molar-refractivity contribution in [1.29, 1.82) is 0 Å². The van der Waals surface area contributed by atoms with Gasteiger partial charge in [0, 0.05) is 0 Å². The molecule has 0 bridgehead atoms. The van der Waals surface area contributed by atoms with Crippen LogP contribution in [0, 0.1) is 10.8 Å². The van der Waals surface area contributed by atoms with Crippen LogP contribution in [0.3, 0.4) is 0 Å². The van der Waals surface area contributed by atoms with Crippen molar-refractivity contribution in [1.82, 2.24) is 0 Å². The molecule has 0 aromatic rings. The summed E-state index contributed by atoms with van der Waals surface area (Å²) in [4.78, 5) is 0. The highest BCUT2D eigenvalue weighted by Crippen LogP contribution is 2.23. The molecule has 0 fully saturated rings. The maximum absolute atomic E-state index is 9.70. The summed E-state index contributed by atoms with van der Waals surface area (Å²) in [7, 11) is 0. The van der Waals surface area contributed by atoms with Crippen LogP contribution in [-0.2, 0) is 0 Å². The minimum Gasteiger partial charge on any atom is -0.388 e. The van der Waals surface area contributed by atoms with Crippen molar-refractivity contribution >= 4 is 0 Å². The van der Waals surface area contributed by atoms with E-state index in [-0.39, 0.29) is 10.8 Å². The van der Waals surface area contributed by atoms with Crippen LogP contribution in [0.15, 0.2) is 12.2 Å². The molecule has 0 aliphatic rings. The van der Waals surface area contributed by atoms with Gasteiger partial charge in [0.1, 0.15) is 0 Å². The lowest BCUT2D eigenvalue weighted by atomic mass is 9.86. The molecule has 0 amide bonds. The van der Waals surface area contributed by atoms with E-state index in [0.29, 0.717) is 0 Å². The molecular weight excluding hydrogens is 176 g/mol. The standard InChI is InChI=1S/C12H24O2/c1-11(2,3)9(13)7-8-10(14)12(4,5)6/h7-10,13-14H,1-6H3/b8-7+/t9-,10-/m1/s1. The largest absolute Gasteiger partial charge is 0.388 e. The van der Waals surface area contributed by atoms with Gasteiger partial charge < -0.3 is 10.2 Å². The van der Waals surface area contributed by atoms with Gasteiger partial charge in [-0.3, -0.25) is 0 Å². The summed E-state index contributed by atoms with van der Waals surface area (Å²) in [6, 6.07) is 0. The monoisotopic (exact) mass is 200 g/mol. The van der Waals surface area contributed by atoms with Gasteiger partial charge in [-0.25, -0.2) is 0 Å². The van der Waals surface area contributed by atoms with Crippen LogP contribution in [-0.4, -0.2) is 22.4 Å². The Hall–Kier alpha value is -0.340. The second-order valence-corrected chi connectivity index (χ2v) is 6.01. The van der Waals surface area contributed by atoms with Crippen LogP contribution in [0.2, 0.25) is 0 Å². The first-order valence-electron chi connectivity index (χ1n) is 5.09. The van der Waals surface area contributed by atoms with Crippen LogP contribution in [0.1, 0.15) is 41.5 Å². The Morgan fingerprint density at radius 3 is 1.07 bits per heavy atom. The van der Waals surface area contributed by atoms with Gasteiger partial charge in [-0.2, -0.15) is 0 Å². The Morgan fingerprint density at radius 2 is 0.929 bits per heavy atom. The van der Waals surface area contributed by atoms with Crippen LogP contribution >= 0.6 is 0 Å². The predicted octanol–water partition coefficient (Wildman–Crippen LogP) is 2.36. The zero-order valence-electron chi connectivity index (χ0n) is 10.2. The third-order valence-electron chi connectivity index (χ3n) is 2.25. The molecule has 0 rings (SSSR count). The van der Waals surface area contributed by atoms with Gasteiger partial charge in [0.2, 0.25) is 0 Å². The summed E-state index contributed by atoms with van der Waals surface area (Å²) in [6.07, 6.45) is 2.32. The van der Waals surface area contributed by atoms with Crippen molar-refractivity contribution in [3.63, 3.8) is 0 Å². The van der Waals surface area contributed by atoms with E-state index in [9.17, 15) is 10.2 Å². The van der Waals surface area contributed by atoms with E-state index in [1.807, 2.05) is 41.5 Å². The Bertz CT molecular complexity index is 171. The van der Waals surface area contributed by atoms with E-state index < -0.39 is 12.2 Å². The minimum absolute atomic E-state index is 0.173. The van der Waals surface area contributed by atoms with Crippen molar-refractivity contribution < 1.29 is 10.2 Å². The topological polar surface area (TPSA) is 40.5 Å². The summed E-state index contributed by atoms with van der Waals surface area (Å²) in [5.74, 6) is 0. The summed E-state index contributed by atoms with van der Waals surface area (Å²) < 4.78 is 0. The predicted molar refractivity (Wildman–Crippen MR) is 60.1 cm³/mol. The van der Waals surface area contributed by atoms with Gasteiger partial charge >= 0.3 is 0 Å². The summed E-state index contributed by atoms with van der Waals surface area (Å²) in [6.45, 7) is 11.8. The molecule has 2 heteroatoms. The molecule has 0 spiro atoms. The Morgan fingerprint density at radius 1 is 0.714 bits per heavy atom. The van der Waals surface area contributed by atoms with Crippen LogP contribution in [0.25, 0.3) is 0 Å². The fraction of sp³-hybridized carbons (Fsp3) is 0.833. The normalized spacial score (nSPS) is 18.6. The van der Waals surface area contributed by atoms with Gasteiger partial charge in [-0.15, -0.1) is 0 Å². The zero-order chi connectivity index (χ0) is 11.6. The second-order valence-electron chi connectivity index (χ2n) is 6.01. The molecule has 2 N–H and O–H groups in total. The van der Waals surface area contributed by atoms with Gasteiger partial charge in [0.05, 0.1) is 12.2 Å². The zero-order valence-corrected chi connectivity index (χ0v) is 10.2. The highest BCUT2D eigenvalue weighted by atomic mass is 16.3. The fourth-order valence-corrected chi connectivity index (χ4v) is 0.788. The number of rotatable bonds is 2. The van der Waals surface area contributed by atoms with E-state index in [1.165, 1.54) is 0 Å². The molecule has 0 aromatic carbocycles. The molecule has 0 radical (unpaired) electrons. The number of aliphatic hydroxyl groups is 2. The first-order valence-corrected chi connectivity index (χ1v) is 5.09. The molecule has 0 saturated carbocycles. The van der Waals surface area contributed by atoms with E-state index in [4.69, 9.17) is 0 Å². The second kappa shape index (κ2) is 4.45. The van der Waals surface area contributed by atoms with E-state index in [0.717, 1.165) is 0 Å². The molecule has 0 aliphatic heterocycles. The van der Waals surface area contributed by atoms with Gasteiger partial charge in [0.15, 0.2) is 0 Å². The fourth-order valence-electron chi connectivity index (χ4n) is 0.788. The van der Waals surface area contributed by atoms with E-state index in [2.05, 4.69) is 0 Å². The summed E-state index contributed by atoms with van der Waals surface area (Å²) in [5, 5.41) is 19.4. The summed E-state index contributed by atoms with van der Waals surface area (Å²) in [5.41, 5.74) is -0.345. The molecule has 0 saturated heterocycles. The van der Waals surface area contributed by atoms with Crippen LogP contribution in [0.4, 0.5) is 0 Å². The molecule has 0 unspecified atom stereocenters. The number of aliphatic hydroxyl groups excluding tert-OH is 2. The van der Waals surface area contributed by atoms with Crippen molar-refractivity contribution in [3.8, 4) is 0 Å². The van der Waals surface area contributed by atoms with Crippen molar-refractivity contribution in [2.45, 2.75) is 53.8 Å². The van der Waals surface area contributed by atoms with Crippen molar-refractivity contribution in [2.75, 3.05) is 0 Å². The van der Waals surface area contributed by atoms with Gasteiger partial charge in [-0.1, -0.05) is 53.7 Å². The minimum atomic E-state index is -0.514. The van der Waals surface area contributed by atoms with Crippen molar-refractivity contribution in [3.05, 3.63) is 12.2 Å². The van der Waals surface area contributed by atoms with Gasteiger partial charge in [-0.05, 0) is 10.8 Å². The van der Waals surface area contributed by atoms with E-state index in [1.54, 1.807) is 12.2 Å². The number of hydrogen-bond acceptors (Lipinski definition) is 2. The van der Waals surface area contributed by atoms with E-state index >= 15 is 0 Å². The maximum atomic E-state index is 9.70. The molecule has 0 aromatic heterocycles. The lowest BCUT2D eigenvalue weighted by molar-refractivity contribution is 0.0909. The third kappa shape index (κ3) is 4.77.